The van der Waals surface area contributed by atoms with E-state index in [1.165, 1.54) is 23.9 Å². The smallest absolute Gasteiger partial charge is 0.161 e. The summed E-state index contributed by atoms with van der Waals surface area (Å²) >= 11 is 1.52. The Bertz CT molecular complexity index is 566. The van der Waals surface area contributed by atoms with Crippen molar-refractivity contribution in [3.63, 3.8) is 0 Å². The lowest BCUT2D eigenvalue weighted by atomic mass is 10.3. The molecule has 2 aromatic rings. The first-order chi connectivity index (χ1) is 8.74. The molecule has 0 spiro atoms. The summed E-state index contributed by atoms with van der Waals surface area (Å²) in [6.07, 6.45) is 2.28. The van der Waals surface area contributed by atoms with Gasteiger partial charge in [0.15, 0.2) is 5.82 Å². The quantitative estimate of drug-likeness (QED) is 0.676. The predicted molar refractivity (Wildman–Crippen MR) is 66.5 cm³/mol. The molecule has 1 aromatic heterocycles. The lowest BCUT2D eigenvalue weighted by Crippen LogP contribution is -2.02. The SMILES string of the molecule is Nc1cc(F)ccc1SCc1nnnn1C1CC1. The molecule has 1 aliphatic rings. The number of nitrogens with zero attached hydrogens (tertiary/aromatic N) is 4. The number of hydrogen-bond donors (Lipinski definition) is 1. The van der Waals surface area contributed by atoms with Crippen molar-refractivity contribution >= 4 is 17.4 Å². The van der Waals surface area contributed by atoms with E-state index in [1.54, 1.807) is 6.07 Å². The van der Waals surface area contributed by atoms with E-state index in [0.717, 1.165) is 23.6 Å². The second-order valence-electron chi connectivity index (χ2n) is 4.24. The summed E-state index contributed by atoms with van der Waals surface area (Å²) in [6, 6.07) is 4.87. The Hall–Kier alpha value is -1.63. The summed E-state index contributed by atoms with van der Waals surface area (Å²) in [7, 11) is 0. The number of rotatable bonds is 4. The normalized spacial score (nSPS) is 14.9. The number of hydrogen-bond acceptors (Lipinski definition) is 5. The first kappa shape index (κ1) is 11.5. The minimum Gasteiger partial charge on any atom is -0.398 e. The zero-order valence-corrected chi connectivity index (χ0v) is 10.4. The fraction of sp³-hybridized carbons (Fsp3) is 0.364. The topological polar surface area (TPSA) is 69.6 Å². The Morgan fingerprint density at radius 1 is 1.44 bits per heavy atom. The molecular weight excluding hydrogens is 253 g/mol. The van der Waals surface area contributed by atoms with Crippen LogP contribution in [0.15, 0.2) is 23.1 Å². The third-order valence-corrected chi connectivity index (χ3v) is 3.87. The van der Waals surface area contributed by atoms with Gasteiger partial charge in [0.1, 0.15) is 5.82 Å². The minimum absolute atomic E-state index is 0.320. The van der Waals surface area contributed by atoms with E-state index < -0.39 is 0 Å². The van der Waals surface area contributed by atoms with Crippen LogP contribution in [-0.4, -0.2) is 20.2 Å². The molecule has 0 unspecified atom stereocenters. The number of benzene rings is 1. The molecule has 1 heterocycles. The van der Waals surface area contributed by atoms with Crippen LogP contribution >= 0.6 is 11.8 Å². The molecule has 5 nitrogen and oxygen atoms in total. The molecular formula is C11H12FN5S. The highest BCUT2D eigenvalue weighted by molar-refractivity contribution is 7.98. The highest BCUT2D eigenvalue weighted by Gasteiger charge is 2.27. The second-order valence-corrected chi connectivity index (χ2v) is 5.26. The Morgan fingerprint density at radius 2 is 2.28 bits per heavy atom. The van der Waals surface area contributed by atoms with Crippen LogP contribution in [0.2, 0.25) is 0 Å². The van der Waals surface area contributed by atoms with Crippen molar-refractivity contribution in [3.8, 4) is 0 Å². The van der Waals surface area contributed by atoms with Crippen LogP contribution in [0.4, 0.5) is 10.1 Å². The molecule has 0 amide bonds. The molecule has 18 heavy (non-hydrogen) atoms. The number of aromatic nitrogens is 4. The highest BCUT2D eigenvalue weighted by atomic mass is 32.2. The van der Waals surface area contributed by atoms with E-state index in [2.05, 4.69) is 15.5 Å². The van der Waals surface area contributed by atoms with Crippen molar-refractivity contribution < 1.29 is 4.39 Å². The molecule has 2 N–H and O–H groups in total. The number of tetrazole rings is 1. The zero-order chi connectivity index (χ0) is 12.5. The maximum absolute atomic E-state index is 12.9. The van der Waals surface area contributed by atoms with Crippen molar-refractivity contribution in [3.05, 3.63) is 29.8 Å². The van der Waals surface area contributed by atoms with E-state index in [9.17, 15) is 4.39 Å². The van der Waals surface area contributed by atoms with Crippen LogP contribution in [0.1, 0.15) is 24.7 Å². The van der Waals surface area contributed by atoms with Gasteiger partial charge >= 0.3 is 0 Å². The van der Waals surface area contributed by atoms with E-state index in [4.69, 9.17) is 5.73 Å². The molecule has 0 saturated heterocycles. The molecule has 1 saturated carbocycles. The van der Waals surface area contributed by atoms with Gasteiger partial charge in [0.25, 0.3) is 0 Å². The molecule has 0 atom stereocenters. The molecule has 0 aliphatic heterocycles. The van der Waals surface area contributed by atoms with E-state index >= 15 is 0 Å². The van der Waals surface area contributed by atoms with Crippen LogP contribution < -0.4 is 5.73 Å². The van der Waals surface area contributed by atoms with Crippen molar-refractivity contribution in [1.29, 1.82) is 0 Å². The molecule has 94 valence electrons. The average molecular weight is 265 g/mol. The number of nitrogen functional groups attached to an aromatic ring is 1. The van der Waals surface area contributed by atoms with Crippen molar-refractivity contribution in [1.82, 2.24) is 20.2 Å². The van der Waals surface area contributed by atoms with Gasteiger partial charge in [-0.05, 0) is 41.5 Å². The number of halogens is 1. The fourth-order valence-electron chi connectivity index (χ4n) is 1.70. The van der Waals surface area contributed by atoms with Gasteiger partial charge in [0, 0.05) is 10.6 Å². The first-order valence-corrected chi connectivity index (χ1v) is 6.67. The standard InChI is InChI=1S/C11H12FN5S/c12-7-1-4-10(9(13)5-7)18-6-11-14-15-16-17(11)8-2-3-8/h1,4-5,8H,2-3,6,13H2. The summed E-state index contributed by atoms with van der Waals surface area (Å²) in [5.41, 5.74) is 6.20. The van der Waals surface area contributed by atoms with Gasteiger partial charge in [0.2, 0.25) is 0 Å². The largest absolute Gasteiger partial charge is 0.398 e. The average Bonchev–Trinajstić information content (AvgIpc) is 3.08. The number of nitrogens with two attached hydrogens (primary N) is 1. The fourth-order valence-corrected chi connectivity index (χ4v) is 2.57. The number of anilines is 1. The van der Waals surface area contributed by atoms with Gasteiger partial charge in [0.05, 0.1) is 11.8 Å². The van der Waals surface area contributed by atoms with Crippen molar-refractivity contribution in [2.24, 2.45) is 0 Å². The maximum Gasteiger partial charge on any atom is 0.161 e. The van der Waals surface area contributed by atoms with Gasteiger partial charge in [-0.25, -0.2) is 9.07 Å². The monoisotopic (exact) mass is 265 g/mol. The van der Waals surface area contributed by atoms with Gasteiger partial charge in [-0.15, -0.1) is 16.9 Å². The Kier molecular flexibility index (Phi) is 2.91. The Labute approximate surface area is 108 Å². The van der Waals surface area contributed by atoms with Gasteiger partial charge in [-0.3, -0.25) is 0 Å². The zero-order valence-electron chi connectivity index (χ0n) is 9.58. The van der Waals surface area contributed by atoms with E-state index in [-0.39, 0.29) is 5.82 Å². The third-order valence-electron chi connectivity index (χ3n) is 2.78. The number of thioether (sulfide) groups is 1. The molecule has 0 bridgehead atoms. The first-order valence-electron chi connectivity index (χ1n) is 5.68. The molecule has 7 heteroatoms. The van der Waals surface area contributed by atoms with Crippen LogP contribution in [-0.2, 0) is 5.75 Å². The van der Waals surface area contributed by atoms with E-state index in [0.29, 0.717) is 17.5 Å². The van der Waals surface area contributed by atoms with Crippen molar-refractivity contribution in [2.75, 3.05) is 5.73 Å². The molecule has 1 aromatic carbocycles. The summed E-state index contributed by atoms with van der Waals surface area (Å²) < 4.78 is 14.8. The van der Waals surface area contributed by atoms with Crippen LogP contribution in [0.25, 0.3) is 0 Å². The van der Waals surface area contributed by atoms with Crippen molar-refractivity contribution in [2.45, 2.75) is 29.5 Å². The third kappa shape index (κ3) is 2.31. The lowest BCUT2D eigenvalue weighted by molar-refractivity contribution is 0.593. The van der Waals surface area contributed by atoms with E-state index in [1.807, 2.05) is 4.68 Å². The van der Waals surface area contributed by atoms with Crippen LogP contribution in [0.5, 0.6) is 0 Å². The van der Waals surface area contributed by atoms with Gasteiger partial charge in [-0.2, -0.15) is 0 Å². The molecule has 1 fully saturated rings. The summed E-state index contributed by atoms with van der Waals surface area (Å²) in [5.74, 6) is 1.16. The Balaban J connectivity index is 1.71. The second kappa shape index (κ2) is 4.56. The summed E-state index contributed by atoms with van der Waals surface area (Å²) in [6.45, 7) is 0. The summed E-state index contributed by atoms with van der Waals surface area (Å²) in [5, 5.41) is 11.7. The molecule has 1 aliphatic carbocycles. The van der Waals surface area contributed by atoms with Gasteiger partial charge < -0.3 is 5.73 Å². The lowest BCUT2D eigenvalue weighted by Gasteiger charge is -2.05. The summed E-state index contributed by atoms with van der Waals surface area (Å²) in [4.78, 5) is 0.849. The van der Waals surface area contributed by atoms with Gasteiger partial charge in [-0.1, -0.05) is 0 Å². The molecule has 0 radical (unpaired) electrons. The Morgan fingerprint density at radius 3 is 3.00 bits per heavy atom. The highest BCUT2D eigenvalue weighted by Crippen LogP contribution is 2.36. The molecule has 3 rings (SSSR count). The van der Waals surface area contributed by atoms with Crippen LogP contribution in [0.3, 0.4) is 0 Å². The maximum atomic E-state index is 12.9. The van der Waals surface area contributed by atoms with Crippen LogP contribution in [0, 0.1) is 5.82 Å². The predicted octanol–water partition coefficient (Wildman–Crippen LogP) is 2.02. The minimum atomic E-state index is -0.320.